The van der Waals surface area contributed by atoms with Crippen LogP contribution in [0.25, 0.3) is 0 Å². The molecule has 1 rings (SSSR count). The minimum atomic E-state index is -2.90. The van der Waals surface area contributed by atoms with Gasteiger partial charge in [-0.05, 0) is 22.0 Å². The monoisotopic (exact) mass is 285 g/mol. The molecule has 0 fully saturated rings. The lowest BCUT2D eigenvalue weighted by molar-refractivity contribution is -0.386. The minimum Gasteiger partial charge on any atom is -0.258 e. The normalized spacial score (nSPS) is 10.6. The molecule has 0 N–H and O–H groups in total. The molecule has 1 aromatic rings. The summed E-state index contributed by atoms with van der Waals surface area (Å²) in [5.74, 6) is 0. The number of nitro benzene ring substituents is 1. The van der Waals surface area contributed by atoms with Crippen LogP contribution in [0.15, 0.2) is 16.6 Å². The van der Waals surface area contributed by atoms with Gasteiger partial charge in [0.2, 0.25) is 0 Å². The van der Waals surface area contributed by atoms with Crippen LogP contribution in [0.4, 0.5) is 14.5 Å². The Bertz CT molecular complexity index is 386. The second kappa shape index (κ2) is 4.18. The second-order valence-corrected chi connectivity index (χ2v) is 3.64. The average molecular weight is 286 g/mol. The van der Waals surface area contributed by atoms with Crippen LogP contribution in [-0.2, 0) is 0 Å². The van der Waals surface area contributed by atoms with Crippen molar-refractivity contribution < 1.29 is 13.7 Å². The number of halogens is 4. The standard InChI is InChI=1S/C7H3BrClF2NO2/c8-4-1-3(7(10)11)6(12(13)14)2-5(4)9/h1-2,7H. The number of nitro groups is 1. The maximum absolute atomic E-state index is 12.3. The zero-order valence-electron chi connectivity index (χ0n) is 6.51. The molecule has 0 amide bonds. The highest BCUT2D eigenvalue weighted by atomic mass is 79.9. The quantitative estimate of drug-likeness (QED) is 0.610. The maximum atomic E-state index is 12.3. The van der Waals surface area contributed by atoms with Crippen molar-refractivity contribution in [3.05, 3.63) is 37.3 Å². The zero-order chi connectivity index (χ0) is 10.9. The lowest BCUT2D eigenvalue weighted by Crippen LogP contribution is -1.96. The second-order valence-electron chi connectivity index (χ2n) is 2.38. The molecular formula is C7H3BrClF2NO2. The fraction of sp³-hybridized carbons (Fsp3) is 0.143. The van der Waals surface area contributed by atoms with Gasteiger partial charge in [0.15, 0.2) is 0 Å². The summed E-state index contributed by atoms with van der Waals surface area (Å²) < 4.78 is 24.9. The molecule has 0 radical (unpaired) electrons. The summed E-state index contributed by atoms with van der Waals surface area (Å²) in [5, 5.41) is 10.4. The van der Waals surface area contributed by atoms with Crippen molar-refractivity contribution in [2.75, 3.05) is 0 Å². The third-order valence-electron chi connectivity index (χ3n) is 1.50. The molecule has 0 unspecified atom stereocenters. The first-order chi connectivity index (χ1) is 6.43. The van der Waals surface area contributed by atoms with Gasteiger partial charge in [0.1, 0.15) is 0 Å². The van der Waals surface area contributed by atoms with E-state index in [1.54, 1.807) is 0 Å². The summed E-state index contributed by atoms with van der Waals surface area (Å²) in [7, 11) is 0. The number of hydrogen-bond donors (Lipinski definition) is 0. The number of nitrogens with zero attached hydrogens (tertiary/aromatic N) is 1. The molecule has 14 heavy (non-hydrogen) atoms. The van der Waals surface area contributed by atoms with Gasteiger partial charge in [-0.2, -0.15) is 0 Å². The van der Waals surface area contributed by atoms with Crippen LogP contribution in [0.2, 0.25) is 5.02 Å². The largest absolute Gasteiger partial charge is 0.279 e. The van der Waals surface area contributed by atoms with Crippen molar-refractivity contribution in [3.8, 4) is 0 Å². The Balaban J connectivity index is 3.39. The summed E-state index contributed by atoms with van der Waals surface area (Å²) in [6.07, 6.45) is -2.90. The average Bonchev–Trinajstić information content (AvgIpc) is 2.08. The summed E-state index contributed by atoms with van der Waals surface area (Å²) in [4.78, 5) is 9.50. The predicted molar refractivity (Wildman–Crippen MR) is 50.8 cm³/mol. The van der Waals surface area contributed by atoms with Crippen molar-refractivity contribution in [1.82, 2.24) is 0 Å². The Morgan fingerprint density at radius 1 is 1.50 bits per heavy atom. The van der Waals surface area contributed by atoms with E-state index in [2.05, 4.69) is 15.9 Å². The lowest BCUT2D eigenvalue weighted by atomic mass is 10.2. The predicted octanol–water partition coefficient (Wildman–Crippen LogP) is 3.95. The van der Waals surface area contributed by atoms with Gasteiger partial charge in [-0.25, -0.2) is 8.78 Å². The lowest BCUT2D eigenvalue weighted by Gasteiger charge is -2.03. The van der Waals surface area contributed by atoms with Gasteiger partial charge >= 0.3 is 0 Å². The summed E-state index contributed by atoms with van der Waals surface area (Å²) in [5.41, 5.74) is -1.32. The molecule has 0 aliphatic carbocycles. The molecule has 0 bridgehead atoms. The highest BCUT2D eigenvalue weighted by Gasteiger charge is 2.23. The highest BCUT2D eigenvalue weighted by molar-refractivity contribution is 9.10. The van der Waals surface area contributed by atoms with E-state index in [1.807, 2.05) is 0 Å². The molecule has 0 saturated heterocycles. The van der Waals surface area contributed by atoms with E-state index < -0.39 is 22.6 Å². The number of rotatable bonds is 2. The van der Waals surface area contributed by atoms with Crippen molar-refractivity contribution in [2.24, 2.45) is 0 Å². The molecule has 3 nitrogen and oxygen atoms in total. The van der Waals surface area contributed by atoms with Crippen LogP contribution in [0.1, 0.15) is 12.0 Å². The van der Waals surface area contributed by atoms with Gasteiger partial charge in [0.25, 0.3) is 12.1 Å². The van der Waals surface area contributed by atoms with Crippen LogP contribution in [0.3, 0.4) is 0 Å². The smallest absolute Gasteiger partial charge is 0.258 e. The van der Waals surface area contributed by atoms with Crippen molar-refractivity contribution in [2.45, 2.75) is 6.43 Å². The van der Waals surface area contributed by atoms with Gasteiger partial charge in [0.05, 0.1) is 15.5 Å². The summed E-state index contributed by atoms with van der Waals surface area (Å²) in [6.45, 7) is 0. The Morgan fingerprint density at radius 2 is 2.07 bits per heavy atom. The number of alkyl halides is 2. The van der Waals surface area contributed by atoms with Crippen molar-refractivity contribution >= 4 is 33.2 Å². The number of hydrogen-bond acceptors (Lipinski definition) is 2. The van der Waals surface area contributed by atoms with Crippen molar-refractivity contribution in [1.29, 1.82) is 0 Å². The minimum absolute atomic E-state index is 0.0288. The molecule has 1 aromatic carbocycles. The fourth-order valence-electron chi connectivity index (χ4n) is 0.885. The van der Waals surface area contributed by atoms with E-state index in [4.69, 9.17) is 11.6 Å². The van der Waals surface area contributed by atoms with E-state index in [1.165, 1.54) is 0 Å². The van der Waals surface area contributed by atoms with Gasteiger partial charge in [-0.1, -0.05) is 11.6 Å². The van der Waals surface area contributed by atoms with E-state index in [-0.39, 0.29) is 9.50 Å². The molecular weight excluding hydrogens is 283 g/mol. The number of benzene rings is 1. The van der Waals surface area contributed by atoms with Gasteiger partial charge in [-0.3, -0.25) is 10.1 Å². The fourth-order valence-corrected chi connectivity index (χ4v) is 1.40. The molecule has 0 aliphatic heterocycles. The van der Waals surface area contributed by atoms with Crippen LogP contribution in [0, 0.1) is 10.1 Å². The van der Waals surface area contributed by atoms with Crippen LogP contribution < -0.4 is 0 Å². The maximum Gasteiger partial charge on any atom is 0.279 e. The molecule has 7 heteroatoms. The van der Waals surface area contributed by atoms with Gasteiger partial charge in [0, 0.05) is 10.5 Å². The van der Waals surface area contributed by atoms with Crippen molar-refractivity contribution in [3.63, 3.8) is 0 Å². The summed E-state index contributed by atoms with van der Waals surface area (Å²) in [6, 6.07) is 1.85. The molecule has 76 valence electrons. The van der Waals surface area contributed by atoms with E-state index in [9.17, 15) is 18.9 Å². The third kappa shape index (κ3) is 2.19. The Labute approximate surface area is 91.0 Å². The summed E-state index contributed by atoms with van der Waals surface area (Å²) >= 11 is 8.45. The molecule has 0 saturated carbocycles. The molecule has 0 aromatic heterocycles. The van der Waals surface area contributed by atoms with E-state index >= 15 is 0 Å². The highest BCUT2D eigenvalue weighted by Crippen LogP contribution is 2.35. The first-order valence-corrected chi connectivity index (χ1v) is 4.52. The first-order valence-electron chi connectivity index (χ1n) is 3.35. The third-order valence-corrected chi connectivity index (χ3v) is 2.70. The molecule has 0 spiro atoms. The topological polar surface area (TPSA) is 43.1 Å². The van der Waals surface area contributed by atoms with Crippen LogP contribution in [0.5, 0.6) is 0 Å². The molecule has 0 aliphatic rings. The molecule has 0 heterocycles. The Kier molecular flexibility index (Phi) is 3.38. The van der Waals surface area contributed by atoms with Gasteiger partial charge < -0.3 is 0 Å². The van der Waals surface area contributed by atoms with Crippen LogP contribution >= 0.6 is 27.5 Å². The Morgan fingerprint density at radius 3 is 2.50 bits per heavy atom. The van der Waals surface area contributed by atoms with Gasteiger partial charge in [-0.15, -0.1) is 0 Å². The Hall–Kier alpha value is -0.750. The zero-order valence-corrected chi connectivity index (χ0v) is 8.85. The first kappa shape index (κ1) is 11.3. The SMILES string of the molecule is O=[N+]([O-])c1cc(Cl)c(Br)cc1C(F)F. The van der Waals surface area contributed by atoms with Crippen LogP contribution in [-0.4, -0.2) is 4.92 Å². The van der Waals surface area contributed by atoms with E-state index in [0.29, 0.717) is 0 Å². The molecule has 0 atom stereocenters. The van der Waals surface area contributed by atoms with E-state index in [0.717, 1.165) is 12.1 Å².